The molecule has 1 aliphatic heterocycles. The van der Waals surface area contributed by atoms with Crippen LogP contribution in [0.5, 0.6) is 0 Å². The van der Waals surface area contributed by atoms with Crippen molar-refractivity contribution in [3.8, 4) is 10.6 Å². The second kappa shape index (κ2) is 6.62. The summed E-state index contributed by atoms with van der Waals surface area (Å²) in [7, 11) is 0. The summed E-state index contributed by atoms with van der Waals surface area (Å²) in [6, 6.07) is 0. The summed E-state index contributed by atoms with van der Waals surface area (Å²) < 4.78 is 0. The van der Waals surface area contributed by atoms with E-state index in [9.17, 15) is 0 Å². The molecule has 2 aromatic heterocycles. The first kappa shape index (κ1) is 14.6. The predicted octanol–water partition coefficient (Wildman–Crippen LogP) is 3.27. The van der Waals surface area contributed by atoms with E-state index in [1.807, 2.05) is 18.6 Å². The van der Waals surface area contributed by atoms with Crippen LogP contribution in [-0.2, 0) is 6.42 Å². The highest BCUT2D eigenvalue weighted by molar-refractivity contribution is 7.15. The Morgan fingerprint density at radius 1 is 1.33 bits per heavy atom. The van der Waals surface area contributed by atoms with Gasteiger partial charge in [0, 0.05) is 31.3 Å². The summed E-state index contributed by atoms with van der Waals surface area (Å²) in [5, 5.41) is 4.63. The Morgan fingerprint density at radius 3 is 3.00 bits per heavy atom. The molecular formula is C16H22N4S. The summed E-state index contributed by atoms with van der Waals surface area (Å²) in [6.07, 6.45) is 9.16. The molecule has 1 atom stereocenters. The van der Waals surface area contributed by atoms with E-state index in [0.29, 0.717) is 11.8 Å². The number of hydrogen-bond donors (Lipinski definition) is 1. The van der Waals surface area contributed by atoms with Crippen LogP contribution in [0.3, 0.4) is 0 Å². The van der Waals surface area contributed by atoms with E-state index in [0.717, 1.165) is 35.8 Å². The second-order valence-electron chi connectivity index (χ2n) is 6.09. The fourth-order valence-corrected chi connectivity index (χ4v) is 3.76. The van der Waals surface area contributed by atoms with Crippen LogP contribution in [0.15, 0.2) is 18.6 Å². The standard InChI is InChI=1S/C16H22N4S/c1-11(2)6-16-19-10-15(21-16)14-9-18-8-13(20-14)12-4-3-5-17-7-12/h8-12,17H,3-7H2,1-2H3/t12-/m0/s1. The monoisotopic (exact) mass is 302 g/mol. The molecule has 3 rings (SSSR count). The van der Waals surface area contributed by atoms with E-state index in [4.69, 9.17) is 4.98 Å². The fraction of sp³-hybridized carbons (Fsp3) is 0.562. The molecule has 3 heterocycles. The average Bonchev–Trinajstić information content (AvgIpc) is 2.96. The number of aromatic nitrogens is 3. The van der Waals surface area contributed by atoms with Gasteiger partial charge in [-0.2, -0.15) is 0 Å². The molecular weight excluding hydrogens is 280 g/mol. The number of hydrogen-bond acceptors (Lipinski definition) is 5. The SMILES string of the molecule is CC(C)Cc1ncc(-c2cncc([C@H]3CCCNC3)n2)s1. The Bertz CT molecular complexity index is 587. The molecule has 0 unspecified atom stereocenters. The van der Waals surface area contributed by atoms with Crippen molar-refractivity contribution in [2.75, 3.05) is 13.1 Å². The van der Waals surface area contributed by atoms with E-state index in [-0.39, 0.29) is 0 Å². The maximum Gasteiger partial charge on any atom is 0.100 e. The molecule has 0 saturated carbocycles. The first-order valence-electron chi connectivity index (χ1n) is 7.70. The maximum atomic E-state index is 4.83. The highest BCUT2D eigenvalue weighted by atomic mass is 32.1. The molecule has 0 aliphatic carbocycles. The van der Waals surface area contributed by atoms with Gasteiger partial charge in [-0.05, 0) is 25.3 Å². The van der Waals surface area contributed by atoms with Crippen LogP contribution in [0.2, 0.25) is 0 Å². The van der Waals surface area contributed by atoms with Gasteiger partial charge in [0.2, 0.25) is 0 Å². The lowest BCUT2D eigenvalue weighted by Gasteiger charge is -2.22. The molecule has 2 aromatic rings. The number of nitrogens with one attached hydrogen (secondary N) is 1. The normalized spacial score (nSPS) is 19.1. The van der Waals surface area contributed by atoms with E-state index in [1.54, 1.807) is 11.3 Å². The van der Waals surface area contributed by atoms with Gasteiger partial charge in [-0.3, -0.25) is 4.98 Å². The van der Waals surface area contributed by atoms with Crippen LogP contribution in [-0.4, -0.2) is 28.0 Å². The van der Waals surface area contributed by atoms with Gasteiger partial charge in [-0.15, -0.1) is 11.3 Å². The van der Waals surface area contributed by atoms with Gasteiger partial charge >= 0.3 is 0 Å². The minimum Gasteiger partial charge on any atom is -0.316 e. The molecule has 112 valence electrons. The lowest BCUT2D eigenvalue weighted by Crippen LogP contribution is -2.28. The van der Waals surface area contributed by atoms with Gasteiger partial charge < -0.3 is 5.32 Å². The maximum absolute atomic E-state index is 4.83. The quantitative estimate of drug-likeness (QED) is 0.942. The van der Waals surface area contributed by atoms with E-state index in [2.05, 4.69) is 29.1 Å². The van der Waals surface area contributed by atoms with Crippen LogP contribution in [0.4, 0.5) is 0 Å². The van der Waals surface area contributed by atoms with E-state index >= 15 is 0 Å². The largest absolute Gasteiger partial charge is 0.316 e. The molecule has 21 heavy (non-hydrogen) atoms. The molecule has 1 N–H and O–H groups in total. The van der Waals surface area contributed by atoms with Crippen molar-refractivity contribution in [2.24, 2.45) is 5.92 Å². The van der Waals surface area contributed by atoms with Crippen molar-refractivity contribution in [2.45, 2.75) is 39.0 Å². The number of thiazole rings is 1. The summed E-state index contributed by atoms with van der Waals surface area (Å²) in [5.41, 5.74) is 2.07. The van der Waals surface area contributed by atoms with Gasteiger partial charge in [-0.25, -0.2) is 9.97 Å². The van der Waals surface area contributed by atoms with Crippen molar-refractivity contribution in [1.29, 1.82) is 0 Å². The number of piperidine rings is 1. The second-order valence-corrected chi connectivity index (χ2v) is 7.20. The predicted molar refractivity (Wildman–Crippen MR) is 86.5 cm³/mol. The zero-order valence-electron chi connectivity index (χ0n) is 12.7. The summed E-state index contributed by atoms with van der Waals surface area (Å²) in [4.78, 5) is 14.9. The zero-order valence-corrected chi connectivity index (χ0v) is 13.5. The lowest BCUT2D eigenvalue weighted by molar-refractivity contribution is 0.454. The van der Waals surface area contributed by atoms with Gasteiger partial charge in [0.1, 0.15) is 5.69 Å². The Labute approximate surface area is 130 Å². The fourth-order valence-electron chi connectivity index (χ4n) is 2.67. The van der Waals surface area contributed by atoms with Crippen LogP contribution in [0.1, 0.15) is 43.3 Å². The molecule has 1 saturated heterocycles. The molecule has 5 heteroatoms. The topological polar surface area (TPSA) is 50.7 Å². The minimum absolute atomic E-state index is 0.495. The van der Waals surface area contributed by atoms with Crippen molar-refractivity contribution in [3.05, 3.63) is 29.3 Å². The highest BCUT2D eigenvalue weighted by Gasteiger charge is 2.18. The molecule has 0 spiro atoms. The van der Waals surface area contributed by atoms with Crippen molar-refractivity contribution < 1.29 is 0 Å². The van der Waals surface area contributed by atoms with Crippen molar-refractivity contribution >= 4 is 11.3 Å². The van der Waals surface area contributed by atoms with Gasteiger partial charge in [-0.1, -0.05) is 13.8 Å². The van der Waals surface area contributed by atoms with Gasteiger partial charge in [0.15, 0.2) is 0 Å². The van der Waals surface area contributed by atoms with Crippen LogP contribution < -0.4 is 5.32 Å². The lowest BCUT2D eigenvalue weighted by atomic mass is 9.96. The molecule has 1 aliphatic rings. The number of rotatable bonds is 4. The van der Waals surface area contributed by atoms with Crippen LogP contribution >= 0.6 is 11.3 Å². The smallest absolute Gasteiger partial charge is 0.100 e. The van der Waals surface area contributed by atoms with Crippen LogP contribution in [0, 0.1) is 5.92 Å². The van der Waals surface area contributed by atoms with Gasteiger partial charge in [0.25, 0.3) is 0 Å². The Kier molecular flexibility index (Phi) is 4.60. The third kappa shape index (κ3) is 3.66. The number of nitrogens with zero attached hydrogens (tertiary/aromatic N) is 3. The Balaban J connectivity index is 1.80. The molecule has 4 nitrogen and oxygen atoms in total. The molecule has 0 bridgehead atoms. The molecule has 0 radical (unpaired) electrons. The van der Waals surface area contributed by atoms with Gasteiger partial charge in [0.05, 0.1) is 21.8 Å². The zero-order chi connectivity index (χ0) is 14.7. The average molecular weight is 302 g/mol. The molecule has 0 amide bonds. The summed E-state index contributed by atoms with van der Waals surface area (Å²) in [6.45, 7) is 6.58. The van der Waals surface area contributed by atoms with Crippen LogP contribution in [0.25, 0.3) is 10.6 Å². The first-order valence-corrected chi connectivity index (χ1v) is 8.51. The van der Waals surface area contributed by atoms with E-state index < -0.39 is 0 Å². The Hall–Kier alpha value is -1.33. The third-order valence-electron chi connectivity index (χ3n) is 3.76. The first-order chi connectivity index (χ1) is 10.2. The molecule has 0 aromatic carbocycles. The minimum atomic E-state index is 0.495. The highest BCUT2D eigenvalue weighted by Crippen LogP contribution is 2.28. The van der Waals surface area contributed by atoms with Crippen molar-refractivity contribution in [1.82, 2.24) is 20.3 Å². The van der Waals surface area contributed by atoms with E-state index in [1.165, 1.54) is 17.8 Å². The third-order valence-corrected chi connectivity index (χ3v) is 4.80. The summed E-state index contributed by atoms with van der Waals surface area (Å²) in [5.74, 6) is 1.13. The Morgan fingerprint density at radius 2 is 2.24 bits per heavy atom. The summed E-state index contributed by atoms with van der Waals surface area (Å²) >= 11 is 1.74. The molecule has 1 fully saturated rings. The van der Waals surface area contributed by atoms with Crippen molar-refractivity contribution in [3.63, 3.8) is 0 Å².